The molecule has 0 unspecified atom stereocenters. The van der Waals surface area contributed by atoms with Gasteiger partial charge in [-0.3, -0.25) is 5.32 Å². The monoisotopic (exact) mass is 250 g/mol. The number of nitrogens with zero attached hydrogens (tertiary/aromatic N) is 1. The predicted molar refractivity (Wildman–Crippen MR) is 60.7 cm³/mol. The van der Waals surface area contributed by atoms with Crippen molar-refractivity contribution in [3.05, 3.63) is 47.0 Å². The Bertz CT molecular complexity index is 355. The Morgan fingerprint density at radius 2 is 2.43 bits per heavy atom. The maximum atomic E-state index is 8.93. The van der Waals surface area contributed by atoms with Crippen molar-refractivity contribution in [2.45, 2.75) is 6.04 Å². The molecule has 1 aromatic carbocycles. The highest BCUT2D eigenvalue weighted by Crippen LogP contribution is 2.17. The van der Waals surface area contributed by atoms with E-state index in [4.69, 9.17) is 5.26 Å². The fourth-order valence-corrected chi connectivity index (χ4v) is 1.54. The van der Waals surface area contributed by atoms with Gasteiger partial charge in [0, 0.05) is 11.0 Å². The molecule has 72 valence electrons. The quantitative estimate of drug-likeness (QED) is 0.835. The van der Waals surface area contributed by atoms with Gasteiger partial charge in [0.15, 0.2) is 0 Å². The van der Waals surface area contributed by atoms with Crippen molar-refractivity contribution < 1.29 is 0 Å². The second-order valence-corrected chi connectivity index (χ2v) is 3.73. The first-order valence-electron chi connectivity index (χ1n) is 4.27. The van der Waals surface area contributed by atoms with Gasteiger partial charge in [-0.1, -0.05) is 34.1 Å². The molecule has 2 nitrogen and oxygen atoms in total. The van der Waals surface area contributed by atoms with Crippen LogP contribution < -0.4 is 5.32 Å². The van der Waals surface area contributed by atoms with E-state index in [0.29, 0.717) is 6.54 Å². The molecule has 1 aromatic rings. The average Bonchev–Trinajstić information content (AvgIpc) is 2.19. The molecule has 14 heavy (non-hydrogen) atoms. The second-order valence-electron chi connectivity index (χ2n) is 2.81. The van der Waals surface area contributed by atoms with Crippen LogP contribution in [0.1, 0.15) is 11.6 Å². The summed E-state index contributed by atoms with van der Waals surface area (Å²) in [4.78, 5) is 0. The number of rotatable bonds is 4. The van der Waals surface area contributed by atoms with E-state index < -0.39 is 0 Å². The summed E-state index contributed by atoms with van der Waals surface area (Å²) in [6, 6.07) is 9.64. The molecule has 0 saturated heterocycles. The fraction of sp³-hybridized carbons (Fsp3) is 0.182. The first kappa shape index (κ1) is 11.0. The molecular formula is C11H11BrN2. The van der Waals surface area contributed by atoms with Crippen molar-refractivity contribution in [2.24, 2.45) is 0 Å². The van der Waals surface area contributed by atoms with Crippen LogP contribution in [0.15, 0.2) is 41.4 Å². The van der Waals surface area contributed by atoms with Gasteiger partial charge in [0.25, 0.3) is 0 Å². The van der Waals surface area contributed by atoms with E-state index in [1.54, 1.807) is 6.08 Å². The van der Waals surface area contributed by atoms with Gasteiger partial charge in [-0.15, -0.1) is 6.58 Å². The molecule has 0 aliphatic rings. The second kappa shape index (κ2) is 5.58. The maximum Gasteiger partial charge on any atom is 0.121 e. The van der Waals surface area contributed by atoms with Crippen molar-refractivity contribution >= 4 is 15.9 Å². The van der Waals surface area contributed by atoms with Gasteiger partial charge in [0.05, 0.1) is 6.07 Å². The highest BCUT2D eigenvalue weighted by molar-refractivity contribution is 9.10. The number of halogens is 1. The maximum absolute atomic E-state index is 8.93. The van der Waals surface area contributed by atoms with E-state index in [9.17, 15) is 0 Å². The standard InChI is InChI=1S/C11H11BrN2/c1-2-6-14-11(8-13)9-4-3-5-10(12)7-9/h2-5,7,11,14H,1,6H2/t11-/m1/s1. The van der Waals surface area contributed by atoms with Crippen LogP contribution in [0.25, 0.3) is 0 Å². The Balaban J connectivity index is 2.79. The number of hydrogen-bond acceptors (Lipinski definition) is 2. The minimum absolute atomic E-state index is 0.273. The lowest BCUT2D eigenvalue weighted by molar-refractivity contribution is 0.683. The van der Waals surface area contributed by atoms with Gasteiger partial charge in [-0.2, -0.15) is 5.26 Å². The molecule has 0 heterocycles. The summed E-state index contributed by atoms with van der Waals surface area (Å²) >= 11 is 3.37. The molecule has 0 saturated carbocycles. The topological polar surface area (TPSA) is 35.8 Å². The van der Waals surface area contributed by atoms with Crippen molar-refractivity contribution in [1.29, 1.82) is 5.26 Å². The minimum atomic E-state index is -0.273. The SMILES string of the molecule is C=CCN[C@H](C#N)c1cccc(Br)c1. The molecule has 0 aliphatic carbocycles. The lowest BCUT2D eigenvalue weighted by atomic mass is 10.1. The zero-order valence-corrected chi connectivity index (χ0v) is 9.29. The molecule has 1 N–H and O–H groups in total. The molecule has 0 fully saturated rings. The zero-order chi connectivity index (χ0) is 10.4. The third kappa shape index (κ3) is 2.99. The molecule has 3 heteroatoms. The zero-order valence-electron chi connectivity index (χ0n) is 7.70. The Hall–Kier alpha value is -1.11. The van der Waals surface area contributed by atoms with Crippen LogP contribution >= 0.6 is 15.9 Å². The third-order valence-electron chi connectivity index (χ3n) is 1.78. The van der Waals surface area contributed by atoms with Gasteiger partial charge >= 0.3 is 0 Å². The lowest BCUT2D eigenvalue weighted by Gasteiger charge is -2.10. The van der Waals surface area contributed by atoms with Gasteiger partial charge in [-0.25, -0.2) is 0 Å². The van der Waals surface area contributed by atoms with E-state index in [1.165, 1.54) is 0 Å². The number of hydrogen-bond donors (Lipinski definition) is 1. The average molecular weight is 251 g/mol. The van der Waals surface area contributed by atoms with Crippen LogP contribution in [-0.4, -0.2) is 6.54 Å². The largest absolute Gasteiger partial charge is 0.295 e. The van der Waals surface area contributed by atoms with Gasteiger partial charge < -0.3 is 0 Å². The van der Waals surface area contributed by atoms with Crippen LogP contribution in [0, 0.1) is 11.3 Å². The molecule has 1 atom stereocenters. The Morgan fingerprint density at radius 1 is 1.64 bits per heavy atom. The van der Waals surface area contributed by atoms with Gasteiger partial charge in [0.2, 0.25) is 0 Å². The Labute approximate surface area is 92.4 Å². The number of nitriles is 1. The molecule has 0 spiro atoms. The third-order valence-corrected chi connectivity index (χ3v) is 2.27. The lowest BCUT2D eigenvalue weighted by Crippen LogP contribution is -2.19. The van der Waals surface area contributed by atoms with Crippen LogP contribution in [0.5, 0.6) is 0 Å². The highest BCUT2D eigenvalue weighted by Gasteiger charge is 2.08. The Kier molecular flexibility index (Phi) is 4.37. The summed E-state index contributed by atoms with van der Waals surface area (Å²) in [6.45, 7) is 4.23. The molecular weight excluding hydrogens is 240 g/mol. The van der Waals surface area contributed by atoms with Crippen LogP contribution in [0.4, 0.5) is 0 Å². The summed E-state index contributed by atoms with van der Waals surface area (Å²) in [6.07, 6.45) is 1.74. The molecule has 1 rings (SSSR count). The smallest absolute Gasteiger partial charge is 0.121 e. The normalized spacial score (nSPS) is 11.7. The molecule has 0 bridgehead atoms. The molecule has 0 amide bonds. The number of nitrogens with one attached hydrogen (secondary N) is 1. The summed E-state index contributed by atoms with van der Waals surface area (Å²) in [5.74, 6) is 0. The van der Waals surface area contributed by atoms with Crippen LogP contribution in [0.3, 0.4) is 0 Å². The van der Waals surface area contributed by atoms with E-state index >= 15 is 0 Å². The van der Waals surface area contributed by atoms with E-state index in [0.717, 1.165) is 10.0 Å². The molecule has 0 radical (unpaired) electrons. The van der Waals surface area contributed by atoms with Gasteiger partial charge in [-0.05, 0) is 17.7 Å². The fourth-order valence-electron chi connectivity index (χ4n) is 1.13. The summed E-state index contributed by atoms with van der Waals surface area (Å²) in [7, 11) is 0. The minimum Gasteiger partial charge on any atom is -0.295 e. The van der Waals surface area contributed by atoms with E-state index in [1.807, 2.05) is 24.3 Å². The highest BCUT2D eigenvalue weighted by atomic mass is 79.9. The van der Waals surface area contributed by atoms with Crippen molar-refractivity contribution in [2.75, 3.05) is 6.54 Å². The molecule has 0 aliphatic heterocycles. The van der Waals surface area contributed by atoms with E-state index in [2.05, 4.69) is 33.9 Å². The van der Waals surface area contributed by atoms with Crippen molar-refractivity contribution in [3.63, 3.8) is 0 Å². The van der Waals surface area contributed by atoms with Crippen molar-refractivity contribution in [3.8, 4) is 6.07 Å². The van der Waals surface area contributed by atoms with E-state index in [-0.39, 0.29) is 6.04 Å². The predicted octanol–water partition coefficient (Wildman–Crippen LogP) is 2.79. The number of benzene rings is 1. The van der Waals surface area contributed by atoms with Crippen LogP contribution in [0.2, 0.25) is 0 Å². The summed E-state index contributed by atoms with van der Waals surface area (Å²) in [5.41, 5.74) is 0.962. The summed E-state index contributed by atoms with van der Waals surface area (Å²) < 4.78 is 0.982. The van der Waals surface area contributed by atoms with Crippen molar-refractivity contribution in [1.82, 2.24) is 5.32 Å². The Morgan fingerprint density at radius 3 is 3.00 bits per heavy atom. The first-order valence-corrected chi connectivity index (χ1v) is 5.06. The van der Waals surface area contributed by atoms with Gasteiger partial charge in [0.1, 0.15) is 6.04 Å². The summed E-state index contributed by atoms with van der Waals surface area (Å²) in [5, 5.41) is 12.0. The first-order chi connectivity index (χ1) is 6.77. The van der Waals surface area contributed by atoms with Crippen LogP contribution in [-0.2, 0) is 0 Å². The molecule has 0 aromatic heterocycles.